The molecule has 1 aliphatic carbocycles. The van der Waals surface area contributed by atoms with Crippen LogP contribution in [0.25, 0.3) is 0 Å². The molecule has 1 unspecified atom stereocenters. The standard InChI is InChI=1S/C46H50ClN7O6/c1-45(2)43(46(3,4)44(45)60-33-11-7-28(22-48)36(47)21-33)50-39(56)27-5-8-29(9-6-27)51-17-15-26(16-18-51)23-52-24-32-19-31(52)25-53(32)30-10-12-34-35(20-30)42(59)54(41(34)58)37-13-14-38(55)49-40(37)57/h5-12,20-21,26,31-32,37,43-44H,13-19,23-25H2,1-4H3,(H,50,56)(H,49,55,57)/t31-,32-,37?,43-,44-/m0/s1. The minimum Gasteiger partial charge on any atom is -0.489 e. The highest BCUT2D eigenvalue weighted by molar-refractivity contribution is 6.31. The van der Waals surface area contributed by atoms with Gasteiger partial charge in [-0.3, -0.25) is 39.1 Å². The molecule has 2 bridgehead atoms. The number of fused-ring (bicyclic) bond motifs is 3. The number of amides is 5. The zero-order valence-corrected chi connectivity index (χ0v) is 35.1. The van der Waals surface area contributed by atoms with Crippen LogP contribution in [0, 0.1) is 28.1 Å². The van der Waals surface area contributed by atoms with E-state index in [4.69, 9.17) is 16.3 Å². The maximum absolute atomic E-state index is 13.5. The van der Waals surface area contributed by atoms with Crippen molar-refractivity contribution in [1.29, 1.82) is 5.26 Å². The molecular weight excluding hydrogens is 782 g/mol. The third kappa shape index (κ3) is 6.78. The topological polar surface area (TPSA) is 155 Å². The number of hydrogen-bond acceptors (Lipinski definition) is 10. The molecule has 5 fully saturated rings. The molecule has 5 aliphatic heterocycles. The summed E-state index contributed by atoms with van der Waals surface area (Å²) in [7, 11) is 0. The Bertz CT molecular complexity index is 2320. The number of piperazine rings is 1. The minimum atomic E-state index is -0.972. The van der Waals surface area contributed by atoms with Crippen molar-refractivity contribution in [2.24, 2.45) is 16.7 Å². The maximum atomic E-state index is 13.5. The molecule has 4 saturated heterocycles. The molecule has 9 rings (SSSR count). The molecule has 3 aromatic carbocycles. The van der Waals surface area contributed by atoms with Gasteiger partial charge in [0.2, 0.25) is 11.8 Å². The van der Waals surface area contributed by atoms with Gasteiger partial charge in [-0.25, -0.2) is 0 Å². The van der Waals surface area contributed by atoms with E-state index in [1.807, 2.05) is 18.2 Å². The first-order valence-electron chi connectivity index (χ1n) is 21.0. The lowest BCUT2D eigenvalue weighted by Gasteiger charge is -2.63. The largest absolute Gasteiger partial charge is 0.489 e. The lowest BCUT2D eigenvalue weighted by atomic mass is 9.49. The molecule has 14 heteroatoms. The average molecular weight is 832 g/mol. The van der Waals surface area contributed by atoms with Crippen LogP contribution in [0.15, 0.2) is 60.7 Å². The Morgan fingerprint density at radius 2 is 1.58 bits per heavy atom. The average Bonchev–Trinajstić information content (AvgIpc) is 3.90. The normalized spacial score (nSPS) is 27.1. The molecule has 6 aliphatic rings. The second kappa shape index (κ2) is 14.9. The summed E-state index contributed by atoms with van der Waals surface area (Å²) in [5, 5.41) is 15.1. The Morgan fingerprint density at radius 3 is 2.23 bits per heavy atom. The number of carbonyl (C=O) groups excluding carboxylic acids is 5. The third-order valence-electron chi connectivity index (χ3n) is 14.1. The molecule has 0 aromatic heterocycles. The lowest BCUT2D eigenvalue weighted by molar-refractivity contribution is -0.164. The molecule has 13 nitrogen and oxygen atoms in total. The van der Waals surface area contributed by atoms with Crippen molar-refractivity contribution in [2.45, 2.75) is 90.1 Å². The summed E-state index contributed by atoms with van der Waals surface area (Å²) in [5.41, 5.74) is 2.98. The summed E-state index contributed by atoms with van der Waals surface area (Å²) in [6.07, 6.45) is 3.29. The predicted molar refractivity (Wildman–Crippen MR) is 225 cm³/mol. The van der Waals surface area contributed by atoms with Crippen molar-refractivity contribution >= 4 is 52.5 Å². The van der Waals surface area contributed by atoms with E-state index in [2.05, 4.69) is 71.2 Å². The van der Waals surface area contributed by atoms with Gasteiger partial charge in [-0.1, -0.05) is 39.3 Å². The van der Waals surface area contributed by atoms with Crippen molar-refractivity contribution in [3.63, 3.8) is 0 Å². The minimum absolute atomic E-state index is 0.0932. The van der Waals surface area contributed by atoms with Gasteiger partial charge in [-0.05, 0) is 86.2 Å². The van der Waals surface area contributed by atoms with Crippen molar-refractivity contribution in [3.05, 3.63) is 87.9 Å². The second-order valence-corrected chi connectivity index (χ2v) is 19.0. The Kier molecular flexibility index (Phi) is 9.94. The summed E-state index contributed by atoms with van der Waals surface area (Å²) in [4.78, 5) is 72.7. The fourth-order valence-corrected chi connectivity index (χ4v) is 11.5. The number of nitrogens with one attached hydrogen (secondary N) is 2. The van der Waals surface area contributed by atoms with E-state index >= 15 is 0 Å². The number of hydrogen-bond donors (Lipinski definition) is 2. The number of nitriles is 1. The van der Waals surface area contributed by atoms with E-state index in [0.29, 0.717) is 51.0 Å². The molecule has 5 amide bonds. The van der Waals surface area contributed by atoms with E-state index in [-0.39, 0.29) is 47.6 Å². The summed E-state index contributed by atoms with van der Waals surface area (Å²) in [5.74, 6) is -0.867. The summed E-state index contributed by atoms with van der Waals surface area (Å²) in [6.45, 7) is 13.2. The Morgan fingerprint density at radius 1 is 0.883 bits per heavy atom. The SMILES string of the molecule is CC1(C)[C@H](NC(=O)c2ccc(N3CCC(CN4C[C@@H]5C[C@H]4CN5c4ccc5c(c4)C(=O)N(C4CCC(=O)NC4=O)C5=O)CC3)cc2)C(C)(C)[C@H]1Oc1ccc(C#N)c(Cl)c1. The number of halogens is 1. The van der Waals surface area contributed by atoms with Gasteiger partial charge >= 0.3 is 0 Å². The number of rotatable bonds is 9. The maximum Gasteiger partial charge on any atom is 0.262 e. The molecule has 312 valence electrons. The van der Waals surface area contributed by atoms with Crippen molar-refractivity contribution in [3.8, 4) is 11.8 Å². The number of carbonyl (C=O) groups is 5. The first-order chi connectivity index (χ1) is 28.6. The van der Waals surface area contributed by atoms with Crippen LogP contribution in [0.3, 0.4) is 0 Å². The first kappa shape index (κ1) is 40.0. The summed E-state index contributed by atoms with van der Waals surface area (Å²) < 4.78 is 6.39. The smallest absolute Gasteiger partial charge is 0.262 e. The van der Waals surface area contributed by atoms with Crippen molar-refractivity contribution < 1.29 is 28.7 Å². The quantitative estimate of drug-likeness (QED) is 0.268. The monoisotopic (exact) mass is 831 g/mol. The molecule has 3 atom stereocenters. The first-order valence-corrected chi connectivity index (χ1v) is 21.4. The Hall–Kier alpha value is -5.45. The number of ether oxygens (including phenoxy) is 1. The molecule has 1 saturated carbocycles. The predicted octanol–water partition coefficient (Wildman–Crippen LogP) is 5.40. The number of piperidine rings is 2. The lowest BCUT2D eigenvalue weighted by Crippen LogP contribution is -2.74. The zero-order chi connectivity index (χ0) is 42.2. The molecule has 5 heterocycles. The van der Waals surface area contributed by atoms with Gasteiger partial charge < -0.3 is 19.9 Å². The fourth-order valence-electron chi connectivity index (χ4n) is 11.3. The summed E-state index contributed by atoms with van der Waals surface area (Å²) >= 11 is 6.26. The highest BCUT2D eigenvalue weighted by Crippen LogP contribution is 2.55. The summed E-state index contributed by atoms with van der Waals surface area (Å²) in [6, 6.07) is 20.2. The molecule has 2 N–H and O–H groups in total. The highest BCUT2D eigenvalue weighted by Gasteiger charge is 2.64. The van der Waals surface area contributed by atoms with E-state index in [1.165, 1.54) is 0 Å². The van der Waals surface area contributed by atoms with Gasteiger partial charge in [0.05, 0.1) is 21.7 Å². The van der Waals surface area contributed by atoms with Crippen LogP contribution in [0.5, 0.6) is 5.75 Å². The van der Waals surface area contributed by atoms with Crippen LogP contribution < -0.4 is 25.2 Å². The van der Waals surface area contributed by atoms with E-state index < -0.39 is 23.8 Å². The fraction of sp³-hybridized carbons (Fsp3) is 0.478. The van der Waals surface area contributed by atoms with Gasteiger partial charge in [0, 0.05) is 91.1 Å². The Balaban J connectivity index is 0.747. The number of imide groups is 2. The molecule has 60 heavy (non-hydrogen) atoms. The molecule has 0 spiro atoms. The number of likely N-dealkylation sites (tertiary alicyclic amines) is 1. The van der Waals surface area contributed by atoms with Crippen LogP contribution in [0.2, 0.25) is 5.02 Å². The molecule has 0 radical (unpaired) electrons. The van der Waals surface area contributed by atoms with E-state index in [1.54, 1.807) is 30.3 Å². The van der Waals surface area contributed by atoms with Gasteiger partial charge in [-0.15, -0.1) is 0 Å². The number of benzene rings is 3. The number of nitrogens with zero attached hydrogens (tertiary/aromatic N) is 5. The van der Waals surface area contributed by atoms with Crippen LogP contribution in [-0.4, -0.2) is 102 Å². The highest BCUT2D eigenvalue weighted by atomic mass is 35.5. The zero-order valence-electron chi connectivity index (χ0n) is 34.4. The number of anilines is 2. The van der Waals surface area contributed by atoms with Crippen LogP contribution in [0.1, 0.15) is 96.4 Å². The van der Waals surface area contributed by atoms with Gasteiger partial charge in [0.1, 0.15) is 24.0 Å². The third-order valence-corrected chi connectivity index (χ3v) is 14.5. The second-order valence-electron chi connectivity index (χ2n) is 18.6. The van der Waals surface area contributed by atoms with Crippen molar-refractivity contribution in [2.75, 3.05) is 42.5 Å². The van der Waals surface area contributed by atoms with Gasteiger partial charge in [0.25, 0.3) is 17.7 Å². The van der Waals surface area contributed by atoms with Crippen LogP contribution in [0.4, 0.5) is 11.4 Å². The van der Waals surface area contributed by atoms with Gasteiger partial charge in [-0.2, -0.15) is 5.26 Å². The Labute approximate surface area is 354 Å². The molecular formula is C46H50ClN7O6. The molecule has 3 aromatic rings. The van der Waals surface area contributed by atoms with E-state index in [9.17, 15) is 29.2 Å². The van der Waals surface area contributed by atoms with Crippen LogP contribution >= 0.6 is 11.6 Å². The van der Waals surface area contributed by atoms with Crippen LogP contribution in [-0.2, 0) is 9.59 Å². The van der Waals surface area contributed by atoms with Gasteiger partial charge in [0.15, 0.2) is 0 Å². The van der Waals surface area contributed by atoms with E-state index in [0.717, 1.165) is 68.3 Å². The van der Waals surface area contributed by atoms with Crippen molar-refractivity contribution in [1.82, 2.24) is 20.4 Å².